The highest BCUT2D eigenvalue weighted by Gasteiger charge is 2.40. The zero-order valence-electron chi connectivity index (χ0n) is 12.2. The Balaban J connectivity index is 1.92. The molecule has 0 aromatic heterocycles. The van der Waals surface area contributed by atoms with E-state index >= 15 is 0 Å². The van der Waals surface area contributed by atoms with Crippen LogP contribution in [0.2, 0.25) is 0 Å². The van der Waals surface area contributed by atoms with Gasteiger partial charge in [0, 0.05) is 16.7 Å². The molecule has 0 saturated heterocycles. The first-order valence-electron chi connectivity index (χ1n) is 7.37. The maximum atomic E-state index is 12.8. The predicted octanol–water partition coefficient (Wildman–Crippen LogP) is 2.43. The molecule has 0 radical (unpaired) electrons. The molecular weight excluding hydrogens is 290 g/mol. The molecule has 1 amide bonds. The number of amides is 1. The lowest BCUT2D eigenvalue weighted by Gasteiger charge is -2.29. The Labute approximate surface area is 132 Å². The molecule has 2 aliphatic rings. The summed E-state index contributed by atoms with van der Waals surface area (Å²) in [4.78, 5) is 36.9. The van der Waals surface area contributed by atoms with Crippen molar-refractivity contribution in [1.29, 1.82) is 0 Å². The number of fused-ring (bicyclic) bond motifs is 3. The van der Waals surface area contributed by atoms with Gasteiger partial charge in [0.05, 0.1) is 11.8 Å². The van der Waals surface area contributed by atoms with Gasteiger partial charge in [-0.1, -0.05) is 42.5 Å². The summed E-state index contributed by atoms with van der Waals surface area (Å²) in [6.45, 7) is 0. The average Bonchev–Trinajstić information content (AvgIpc) is 2.58. The molecular formula is C19H13NO3. The maximum Gasteiger partial charge on any atom is 0.248 e. The van der Waals surface area contributed by atoms with Crippen molar-refractivity contribution in [3.8, 4) is 0 Å². The van der Waals surface area contributed by atoms with Crippen LogP contribution in [0, 0.1) is 11.8 Å². The normalized spacial score (nSPS) is 22.5. The molecule has 23 heavy (non-hydrogen) atoms. The second-order valence-electron chi connectivity index (χ2n) is 5.87. The van der Waals surface area contributed by atoms with E-state index in [1.54, 1.807) is 18.2 Å². The van der Waals surface area contributed by atoms with Crippen molar-refractivity contribution in [1.82, 2.24) is 0 Å². The van der Waals surface area contributed by atoms with Gasteiger partial charge >= 0.3 is 0 Å². The quantitative estimate of drug-likeness (QED) is 0.879. The van der Waals surface area contributed by atoms with Gasteiger partial charge < -0.3 is 5.73 Å². The Kier molecular flexibility index (Phi) is 2.81. The average molecular weight is 303 g/mol. The van der Waals surface area contributed by atoms with E-state index in [1.807, 2.05) is 24.3 Å². The van der Waals surface area contributed by atoms with Gasteiger partial charge in [-0.3, -0.25) is 14.4 Å². The summed E-state index contributed by atoms with van der Waals surface area (Å²) in [6, 6.07) is 11.2. The SMILES string of the molecule is NC(=O)C1=CC2C(=O)c3cc4ccccc4cc3C(=O)C2C=C1. The van der Waals surface area contributed by atoms with E-state index in [9.17, 15) is 14.4 Å². The summed E-state index contributed by atoms with van der Waals surface area (Å²) in [5, 5.41) is 1.84. The molecule has 2 atom stereocenters. The first kappa shape index (κ1) is 13.6. The minimum absolute atomic E-state index is 0.0913. The number of hydrogen-bond donors (Lipinski definition) is 1. The van der Waals surface area contributed by atoms with Crippen molar-refractivity contribution in [2.75, 3.05) is 0 Å². The van der Waals surface area contributed by atoms with Crippen LogP contribution in [0.4, 0.5) is 0 Å². The van der Waals surface area contributed by atoms with Gasteiger partial charge in [0.15, 0.2) is 11.6 Å². The van der Waals surface area contributed by atoms with Crippen LogP contribution in [0.15, 0.2) is 60.2 Å². The van der Waals surface area contributed by atoms with Crippen LogP contribution in [0.5, 0.6) is 0 Å². The lowest BCUT2D eigenvalue weighted by atomic mass is 9.71. The third kappa shape index (κ3) is 1.95. The maximum absolute atomic E-state index is 12.8. The van der Waals surface area contributed by atoms with Crippen LogP contribution >= 0.6 is 0 Å². The van der Waals surface area contributed by atoms with Crippen molar-refractivity contribution in [2.45, 2.75) is 0 Å². The van der Waals surface area contributed by atoms with E-state index in [-0.39, 0.29) is 17.1 Å². The molecule has 0 heterocycles. The highest BCUT2D eigenvalue weighted by Crippen LogP contribution is 2.37. The van der Waals surface area contributed by atoms with Crippen molar-refractivity contribution in [3.05, 3.63) is 71.3 Å². The van der Waals surface area contributed by atoms with E-state index in [1.165, 1.54) is 12.2 Å². The van der Waals surface area contributed by atoms with Gasteiger partial charge in [0.1, 0.15) is 0 Å². The Morgan fingerprint density at radius 1 is 0.913 bits per heavy atom. The van der Waals surface area contributed by atoms with E-state index in [0.29, 0.717) is 11.1 Å². The number of carbonyl (C=O) groups excluding carboxylic acids is 3. The topological polar surface area (TPSA) is 77.2 Å². The van der Waals surface area contributed by atoms with Crippen molar-refractivity contribution >= 4 is 28.2 Å². The highest BCUT2D eigenvalue weighted by atomic mass is 16.1. The Morgan fingerprint density at radius 3 is 2.04 bits per heavy atom. The minimum atomic E-state index is -0.649. The standard InChI is InChI=1S/C19H13NO3/c20-19(23)12-5-6-13-14(9-12)18(22)16-8-11-4-2-1-3-10(11)7-15(16)17(13)21/h1-9,13-14H,(H2,20,23). The van der Waals surface area contributed by atoms with Gasteiger partial charge in [-0.2, -0.15) is 0 Å². The van der Waals surface area contributed by atoms with Gasteiger partial charge in [-0.15, -0.1) is 0 Å². The summed E-state index contributed by atoms with van der Waals surface area (Å²) in [6.07, 6.45) is 4.66. The van der Waals surface area contributed by atoms with E-state index in [4.69, 9.17) is 5.73 Å². The first-order chi connectivity index (χ1) is 11.1. The summed E-state index contributed by atoms with van der Waals surface area (Å²) in [7, 11) is 0. The largest absolute Gasteiger partial charge is 0.366 e. The lowest BCUT2D eigenvalue weighted by molar-refractivity contribution is -0.114. The number of allylic oxidation sites excluding steroid dienone is 2. The zero-order chi connectivity index (χ0) is 16.1. The number of hydrogen-bond acceptors (Lipinski definition) is 3. The summed E-state index contributed by atoms with van der Waals surface area (Å²) in [5.74, 6) is -2.03. The fourth-order valence-electron chi connectivity index (χ4n) is 3.34. The number of primary amides is 1. The molecule has 4 heteroatoms. The smallest absolute Gasteiger partial charge is 0.248 e. The minimum Gasteiger partial charge on any atom is -0.366 e. The summed E-state index contributed by atoms with van der Waals surface area (Å²) >= 11 is 0. The highest BCUT2D eigenvalue weighted by molar-refractivity contribution is 6.20. The third-order valence-electron chi connectivity index (χ3n) is 4.54. The number of ketones is 2. The van der Waals surface area contributed by atoms with Crippen molar-refractivity contribution in [2.24, 2.45) is 17.6 Å². The molecule has 4 nitrogen and oxygen atoms in total. The zero-order valence-corrected chi connectivity index (χ0v) is 12.2. The van der Waals surface area contributed by atoms with Crippen LogP contribution in [0.1, 0.15) is 20.7 Å². The molecule has 2 aromatic carbocycles. The van der Waals surface area contributed by atoms with Crippen molar-refractivity contribution in [3.63, 3.8) is 0 Å². The molecule has 2 aromatic rings. The Morgan fingerprint density at radius 2 is 1.48 bits per heavy atom. The van der Waals surface area contributed by atoms with Crippen molar-refractivity contribution < 1.29 is 14.4 Å². The number of benzene rings is 2. The first-order valence-corrected chi connectivity index (χ1v) is 7.37. The monoisotopic (exact) mass is 303 g/mol. The molecule has 112 valence electrons. The molecule has 0 spiro atoms. The van der Waals surface area contributed by atoms with Crippen LogP contribution < -0.4 is 5.73 Å². The lowest BCUT2D eigenvalue weighted by Crippen LogP contribution is -2.36. The second-order valence-corrected chi connectivity index (χ2v) is 5.87. The van der Waals surface area contributed by atoms with Crippen LogP contribution in [-0.4, -0.2) is 17.5 Å². The van der Waals surface area contributed by atoms with E-state index in [2.05, 4.69) is 0 Å². The molecule has 0 bridgehead atoms. The number of Topliss-reactive ketones (excluding diaryl/α,β-unsaturated/α-hetero) is 2. The molecule has 2 unspecified atom stereocenters. The van der Waals surface area contributed by atoms with Crippen LogP contribution in [0.3, 0.4) is 0 Å². The number of rotatable bonds is 1. The molecule has 0 saturated carbocycles. The fourth-order valence-corrected chi connectivity index (χ4v) is 3.34. The van der Waals surface area contributed by atoms with Gasteiger partial charge in [-0.25, -0.2) is 0 Å². The van der Waals surface area contributed by atoms with Gasteiger partial charge in [0.2, 0.25) is 5.91 Å². The summed E-state index contributed by atoms with van der Waals surface area (Å²) < 4.78 is 0. The third-order valence-corrected chi connectivity index (χ3v) is 4.54. The summed E-state index contributed by atoms with van der Waals surface area (Å²) in [5.41, 5.74) is 6.43. The molecule has 0 aliphatic heterocycles. The Bertz CT molecular complexity index is 952. The number of nitrogens with two attached hydrogens (primary N) is 1. The van der Waals surface area contributed by atoms with Crippen LogP contribution in [0.25, 0.3) is 10.8 Å². The van der Waals surface area contributed by atoms with Gasteiger partial charge in [-0.05, 0) is 22.9 Å². The fraction of sp³-hybridized carbons (Fsp3) is 0.105. The van der Waals surface area contributed by atoms with E-state index < -0.39 is 17.7 Å². The second kappa shape index (κ2) is 4.74. The van der Waals surface area contributed by atoms with Gasteiger partial charge in [0.25, 0.3) is 0 Å². The predicted molar refractivity (Wildman–Crippen MR) is 86.0 cm³/mol. The molecule has 2 N–H and O–H groups in total. The molecule has 4 rings (SSSR count). The molecule has 0 fully saturated rings. The van der Waals surface area contributed by atoms with E-state index in [0.717, 1.165) is 10.8 Å². The molecule has 2 aliphatic carbocycles. The number of carbonyl (C=O) groups is 3. The van der Waals surface area contributed by atoms with Crippen LogP contribution in [-0.2, 0) is 4.79 Å². The Hall–Kier alpha value is -3.01.